The molecule has 0 radical (unpaired) electrons. The van der Waals surface area contributed by atoms with E-state index in [0.717, 1.165) is 5.56 Å². The summed E-state index contributed by atoms with van der Waals surface area (Å²) in [6.45, 7) is 1.91. The Kier molecular flexibility index (Phi) is 4.65. The first-order valence-corrected chi connectivity index (χ1v) is 9.29. The molecular weight excluding hydrogens is 342 g/mol. The normalized spacial score (nSPS) is 13.0. The molecule has 2 aromatic carbocycles. The van der Waals surface area contributed by atoms with E-state index >= 15 is 0 Å². The van der Waals surface area contributed by atoms with Gasteiger partial charge in [0, 0.05) is 6.04 Å². The van der Waals surface area contributed by atoms with E-state index in [4.69, 9.17) is 4.74 Å². The summed E-state index contributed by atoms with van der Waals surface area (Å²) in [5.74, 6) is 0.711. The molecule has 0 spiro atoms. The summed E-state index contributed by atoms with van der Waals surface area (Å²) in [6, 6.07) is 11.4. The van der Waals surface area contributed by atoms with Crippen molar-refractivity contribution >= 4 is 21.1 Å². The Morgan fingerprint density at radius 3 is 2.40 bits per heavy atom. The molecule has 3 rings (SSSR count). The highest BCUT2D eigenvalue weighted by atomic mass is 32.2. The van der Waals surface area contributed by atoms with Gasteiger partial charge in [0.1, 0.15) is 5.75 Å². The minimum atomic E-state index is -3.73. The van der Waals surface area contributed by atoms with Gasteiger partial charge in [0.2, 0.25) is 10.0 Å². The molecule has 132 valence electrons. The van der Waals surface area contributed by atoms with Crippen molar-refractivity contribution in [1.29, 1.82) is 0 Å². The molecular formula is C17H19N3O4S. The predicted molar refractivity (Wildman–Crippen MR) is 95.3 cm³/mol. The first kappa shape index (κ1) is 17.2. The van der Waals surface area contributed by atoms with Gasteiger partial charge in [0.05, 0.1) is 23.0 Å². The molecule has 0 unspecified atom stereocenters. The fraction of sp³-hybridized carbons (Fsp3) is 0.235. The molecule has 0 aliphatic carbocycles. The minimum absolute atomic E-state index is 0.0993. The van der Waals surface area contributed by atoms with Gasteiger partial charge in [0.15, 0.2) is 0 Å². The first-order chi connectivity index (χ1) is 11.9. The number of benzene rings is 2. The number of aromatic amines is 2. The smallest absolute Gasteiger partial charge is 0.323 e. The maximum atomic E-state index is 12.7. The first-order valence-electron chi connectivity index (χ1n) is 7.81. The van der Waals surface area contributed by atoms with E-state index in [9.17, 15) is 13.2 Å². The van der Waals surface area contributed by atoms with Crippen molar-refractivity contribution in [1.82, 2.24) is 14.7 Å². The predicted octanol–water partition coefficient (Wildman–Crippen LogP) is 2.29. The van der Waals surface area contributed by atoms with Crippen LogP contribution in [0.2, 0.25) is 0 Å². The molecule has 1 aromatic heterocycles. The van der Waals surface area contributed by atoms with Crippen LogP contribution in [-0.2, 0) is 10.0 Å². The Morgan fingerprint density at radius 1 is 1.08 bits per heavy atom. The molecule has 3 aromatic rings. The lowest BCUT2D eigenvalue weighted by Gasteiger charge is -2.18. The molecule has 3 N–H and O–H groups in total. The second-order valence-electron chi connectivity index (χ2n) is 5.64. The van der Waals surface area contributed by atoms with Crippen LogP contribution in [0.15, 0.2) is 52.2 Å². The van der Waals surface area contributed by atoms with Gasteiger partial charge in [-0.3, -0.25) is 0 Å². The molecule has 0 saturated heterocycles. The van der Waals surface area contributed by atoms with Crippen molar-refractivity contribution in [3.8, 4) is 5.75 Å². The van der Waals surface area contributed by atoms with Crippen LogP contribution in [0.5, 0.6) is 5.75 Å². The van der Waals surface area contributed by atoms with Gasteiger partial charge >= 0.3 is 5.69 Å². The van der Waals surface area contributed by atoms with Gasteiger partial charge in [-0.05, 0) is 42.3 Å². The Balaban J connectivity index is 1.90. The third kappa shape index (κ3) is 3.59. The number of nitrogens with one attached hydrogen (secondary N) is 3. The molecule has 1 heterocycles. The lowest BCUT2D eigenvalue weighted by Crippen LogP contribution is -2.28. The average molecular weight is 361 g/mol. The van der Waals surface area contributed by atoms with Crippen LogP contribution in [0.4, 0.5) is 0 Å². The van der Waals surface area contributed by atoms with Crippen molar-refractivity contribution in [2.24, 2.45) is 0 Å². The maximum Gasteiger partial charge on any atom is 0.323 e. The number of sulfonamides is 1. The number of hydrogen-bond donors (Lipinski definition) is 3. The summed E-state index contributed by atoms with van der Waals surface area (Å²) < 4.78 is 33.3. The van der Waals surface area contributed by atoms with Crippen LogP contribution >= 0.6 is 0 Å². The average Bonchev–Trinajstić information content (AvgIpc) is 2.99. The monoisotopic (exact) mass is 361 g/mol. The summed E-state index contributed by atoms with van der Waals surface area (Å²) >= 11 is 0. The number of aromatic nitrogens is 2. The summed E-state index contributed by atoms with van der Waals surface area (Å²) in [5.41, 5.74) is 1.49. The van der Waals surface area contributed by atoms with Crippen LogP contribution in [0.25, 0.3) is 11.0 Å². The van der Waals surface area contributed by atoms with Crippen LogP contribution in [-0.4, -0.2) is 25.5 Å². The molecule has 0 fully saturated rings. The molecule has 0 bridgehead atoms. The highest BCUT2D eigenvalue weighted by Gasteiger charge is 2.21. The summed E-state index contributed by atoms with van der Waals surface area (Å²) in [4.78, 5) is 16.6. The minimum Gasteiger partial charge on any atom is -0.497 e. The Bertz CT molecular complexity index is 1040. The molecule has 0 saturated carbocycles. The molecule has 0 amide bonds. The number of fused-ring (bicyclic) bond motifs is 1. The van der Waals surface area contributed by atoms with Gasteiger partial charge in [-0.25, -0.2) is 17.9 Å². The van der Waals surface area contributed by atoms with Crippen molar-refractivity contribution in [3.63, 3.8) is 0 Å². The molecule has 1 atom stereocenters. The Labute approximate surface area is 145 Å². The lowest BCUT2D eigenvalue weighted by molar-refractivity contribution is 0.414. The zero-order valence-electron chi connectivity index (χ0n) is 13.9. The van der Waals surface area contributed by atoms with Crippen molar-refractivity contribution in [2.45, 2.75) is 24.3 Å². The van der Waals surface area contributed by atoms with Crippen molar-refractivity contribution in [2.75, 3.05) is 7.11 Å². The maximum absolute atomic E-state index is 12.7. The summed E-state index contributed by atoms with van der Waals surface area (Å²) in [7, 11) is -2.15. The van der Waals surface area contributed by atoms with E-state index in [1.807, 2.05) is 19.1 Å². The van der Waals surface area contributed by atoms with E-state index in [1.54, 1.807) is 25.3 Å². The number of H-pyrrole nitrogens is 2. The van der Waals surface area contributed by atoms with Crippen LogP contribution < -0.4 is 15.1 Å². The molecule has 0 aliphatic heterocycles. The second kappa shape index (κ2) is 6.73. The SMILES string of the molecule is CC[C@H](NS(=O)(=O)c1ccc2[nH]c(=O)[nH]c2c1)c1ccc(OC)cc1. The van der Waals surface area contributed by atoms with Crippen LogP contribution in [0, 0.1) is 0 Å². The third-order valence-electron chi connectivity index (χ3n) is 4.02. The van der Waals surface area contributed by atoms with E-state index in [2.05, 4.69) is 14.7 Å². The molecule has 8 heteroatoms. The van der Waals surface area contributed by atoms with Crippen LogP contribution in [0.3, 0.4) is 0 Å². The number of imidazole rings is 1. The number of ether oxygens (including phenoxy) is 1. The fourth-order valence-electron chi connectivity index (χ4n) is 2.66. The second-order valence-corrected chi connectivity index (χ2v) is 7.36. The zero-order chi connectivity index (χ0) is 18.0. The van der Waals surface area contributed by atoms with Gasteiger partial charge in [-0.2, -0.15) is 0 Å². The van der Waals surface area contributed by atoms with E-state index in [1.165, 1.54) is 12.1 Å². The highest BCUT2D eigenvalue weighted by Crippen LogP contribution is 2.23. The van der Waals surface area contributed by atoms with Gasteiger partial charge in [-0.1, -0.05) is 19.1 Å². The zero-order valence-corrected chi connectivity index (χ0v) is 14.7. The van der Waals surface area contributed by atoms with Gasteiger partial charge in [0.25, 0.3) is 0 Å². The third-order valence-corrected chi connectivity index (χ3v) is 5.49. The van der Waals surface area contributed by atoms with Crippen LogP contribution in [0.1, 0.15) is 24.9 Å². The molecule has 0 aliphatic rings. The lowest BCUT2D eigenvalue weighted by atomic mass is 10.1. The van der Waals surface area contributed by atoms with Crippen molar-refractivity contribution in [3.05, 3.63) is 58.5 Å². The van der Waals surface area contributed by atoms with Gasteiger partial charge in [-0.15, -0.1) is 0 Å². The largest absolute Gasteiger partial charge is 0.497 e. The molecule has 25 heavy (non-hydrogen) atoms. The van der Waals surface area contributed by atoms with E-state index in [-0.39, 0.29) is 16.6 Å². The Hall–Kier alpha value is -2.58. The van der Waals surface area contributed by atoms with Crippen molar-refractivity contribution < 1.29 is 13.2 Å². The van der Waals surface area contributed by atoms with E-state index in [0.29, 0.717) is 23.2 Å². The van der Waals surface area contributed by atoms with E-state index < -0.39 is 10.0 Å². The topological polar surface area (TPSA) is 104 Å². The highest BCUT2D eigenvalue weighted by molar-refractivity contribution is 7.89. The standard InChI is InChI=1S/C17H19N3O4S/c1-3-14(11-4-6-12(24-2)7-5-11)20-25(22,23)13-8-9-15-16(10-13)19-17(21)18-15/h4-10,14,20H,3H2,1-2H3,(H2,18,19,21)/t14-/m0/s1. The Morgan fingerprint density at radius 2 is 1.76 bits per heavy atom. The summed E-state index contributed by atoms with van der Waals surface area (Å²) in [6.07, 6.45) is 0.592. The number of hydrogen-bond acceptors (Lipinski definition) is 4. The number of methoxy groups -OCH3 is 1. The number of rotatable bonds is 6. The fourth-order valence-corrected chi connectivity index (χ4v) is 3.99. The molecule has 7 nitrogen and oxygen atoms in total. The quantitative estimate of drug-likeness (QED) is 0.626. The van der Waals surface area contributed by atoms with Gasteiger partial charge < -0.3 is 14.7 Å². The summed E-state index contributed by atoms with van der Waals surface area (Å²) in [5, 5.41) is 0.